The van der Waals surface area contributed by atoms with Crippen molar-refractivity contribution in [2.75, 3.05) is 42.9 Å². The van der Waals surface area contributed by atoms with Crippen molar-refractivity contribution in [2.45, 2.75) is 12.5 Å². The van der Waals surface area contributed by atoms with Crippen molar-refractivity contribution in [3.05, 3.63) is 58.6 Å². The number of nitrogens with one attached hydrogen (secondary N) is 1. The van der Waals surface area contributed by atoms with Gasteiger partial charge in [-0.15, -0.1) is 0 Å². The average Bonchev–Trinajstić information content (AvgIpc) is 2.73. The SMILES string of the molecule is O=C1Nc2ccc([N+](=O)[O-])cc2O[C@@H]1CCN1CCN(c2ccccc2)CC1. The Hall–Kier alpha value is -3.13. The van der Waals surface area contributed by atoms with Crippen LogP contribution in [0.3, 0.4) is 0 Å². The molecule has 0 aliphatic carbocycles. The summed E-state index contributed by atoms with van der Waals surface area (Å²) in [5.41, 5.74) is 1.66. The molecule has 1 amide bonds. The van der Waals surface area contributed by atoms with E-state index in [1.165, 1.54) is 23.9 Å². The Labute approximate surface area is 162 Å². The number of fused-ring (bicyclic) bond motifs is 1. The number of non-ortho nitro benzene ring substituents is 1. The van der Waals surface area contributed by atoms with Gasteiger partial charge in [-0.25, -0.2) is 0 Å². The molecule has 0 bridgehead atoms. The number of carbonyl (C=O) groups is 1. The molecular weight excluding hydrogens is 360 g/mol. The monoisotopic (exact) mass is 382 g/mol. The van der Waals surface area contributed by atoms with Gasteiger partial charge in [0.15, 0.2) is 11.9 Å². The summed E-state index contributed by atoms with van der Waals surface area (Å²) in [6.07, 6.45) is -0.0964. The number of rotatable bonds is 5. The summed E-state index contributed by atoms with van der Waals surface area (Å²) in [5, 5.41) is 13.7. The molecule has 0 saturated carbocycles. The zero-order chi connectivity index (χ0) is 19.5. The molecule has 0 spiro atoms. The highest BCUT2D eigenvalue weighted by atomic mass is 16.6. The number of piperazine rings is 1. The molecule has 2 aromatic rings. The Bertz CT molecular complexity index is 866. The fraction of sp³-hybridized carbons (Fsp3) is 0.350. The number of para-hydroxylation sites is 1. The lowest BCUT2D eigenvalue weighted by Crippen LogP contribution is -2.48. The van der Waals surface area contributed by atoms with Crippen molar-refractivity contribution >= 4 is 23.0 Å². The minimum absolute atomic E-state index is 0.0503. The predicted molar refractivity (Wildman–Crippen MR) is 106 cm³/mol. The molecule has 1 saturated heterocycles. The van der Waals surface area contributed by atoms with Crippen molar-refractivity contribution in [1.82, 2.24) is 4.90 Å². The molecule has 4 rings (SSSR count). The van der Waals surface area contributed by atoms with E-state index in [0.29, 0.717) is 17.9 Å². The van der Waals surface area contributed by atoms with Crippen LogP contribution in [-0.4, -0.2) is 54.6 Å². The number of anilines is 2. The smallest absolute Gasteiger partial charge is 0.273 e. The van der Waals surface area contributed by atoms with Gasteiger partial charge in [-0.05, 0) is 18.2 Å². The molecule has 2 aliphatic heterocycles. The van der Waals surface area contributed by atoms with E-state index in [1.54, 1.807) is 0 Å². The molecule has 0 radical (unpaired) electrons. The van der Waals surface area contributed by atoms with Crippen LogP contribution < -0.4 is 15.0 Å². The van der Waals surface area contributed by atoms with Gasteiger partial charge in [-0.3, -0.25) is 19.8 Å². The van der Waals surface area contributed by atoms with Crippen LogP contribution in [0.2, 0.25) is 0 Å². The Balaban J connectivity index is 1.31. The zero-order valence-corrected chi connectivity index (χ0v) is 15.4. The van der Waals surface area contributed by atoms with Crippen LogP contribution in [0.15, 0.2) is 48.5 Å². The summed E-state index contributed by atoms with van der Waals surface area (Å²) < 4.78 is 5.76. The highest BCUT2D eigenvalue weighted by Crippen LogP contribution is 2.33. The van der Waals surface area contributed by atoms with Crippen molar-refractivity contribution < 1.29 is 14.5 Å². The van der Waals surface area contributed by atoms with Crippen molar-refractivity contribution in [2.24, 2.45) is 0 Å². The fourth-order valence-corrected chi connectivity index (χ4v) is 3.60. The topological polar surface area (TPSA) is 87.9 Å². The van der Waals surface area contributed by atoms with Gasteiger partial charge in [0.25, 0.3) is 11.6 Å². The summed E-state index contributed by atoms with van der Waals surface area (Å²) in [6.45, 7) is 4.47. The zero-order valence-electron chi connectivity index (χ0n) is 15.4. The number of nitrogens with zero attached hydrogens (tertiary/aromatic N) is 3. The Morgan fingerprint density at radius 3 is 2.57 bits per heavy atom. The molecule has 1 atom stereocenters. The van der Waals surface area contributed by atoms with Crippen LogP contribution in [0.25, 0.3) is 0 Å². The number of hydrogen-bond acceptors (Lipinski definition) is 6. The first-order valence-corrected chi connectivity index (χ1v) is 9.38. The Morgan fingerprint density at radius 2 is 1.86 bits per heavy atom. The van der Waals surface area contributed by atoms with E-state index in [2.05, 4.69) is 27.2 Å². The van der Waals surface area contributed by atoms with Crippen molar-refractivity contribution in [3.8, 4) is 5.75 Å². The third-order valence-corrected chi connectivity index (χ3v) is 5.20. The number of nitro benzene ring substituents is 1. The number of benzene rings is 2. The lowest BCUT2D eigenvalue weighted by molar-refractivity contribution is -0.384. The summed E-state index contributed by atoms with van der Waals surface area (Å²) in [5.74, 6) is 0.150. The standard InChI is InChI=1S/C20H22N4O4/c25-20-18(28-19-14-16(24(26)27)6-7-17(19)21-20)8-9-22-10-12-23(13-11-22)15-4-2-1-3-5-15/h1-7,14,18H,8-13H2,(H,21,25)/t18-/m1/s1. The van der Waals surface area contributed by atoms with Gasteiger partial charge in [0.05, 0.1) is 16.7 Å². The van der Waals surface area contributed by atoms with E-state index in [1.807, 2.05) is 18.2 Å². The number of nitro groups is 1. The van der Waals surface area contributed by atoms with E-state index in [-0.39, 0.29) is 11.6 Å². The summed E-state index contributed by atoms with van der Waals surface area (Å²) >= 11 is 0. The second-order valence-electron chi connectivity index (χ2n) is 6.99. The Morgan fingerprint density at radius 1 is 1.11 bits per heavy atom. The molecule has 8 nitrogen and oxygen atoms in total. The van der Waals surface area contributed by atoms with E-state index >= 15 is 0 Å². The molecular formula is C20H22N4O4. The highest BCUT2D eigenvalue weighted by molar-refractivity contribution is 5.97. The first-order chi connectivity index (χ1) is 13.6. The minimum Gasteiger partial charge on any atom is -0.478 e. The molecule has 8 heteroatoms. The predicted octanol–water partition coefficient (Wildman–Crippen LogP) is 2.51. The highest BCUT2D eigenvalue weighted by Gasteiger charge is 2.29. The van der Waals surface area contributed by atoms with Crippen molar-refractivity contribution in [1.29, 1.82) is 0 Å². The lowest BCUT2D eigenvalue weighted by Gasteiger charge is -2.36. The van der Waals surface area contributed by atoms with Crippen LogP contribution in [-0.2, 0) is 4.79 Å². The van der Waals surface area contributed by atoms with Crippen LogP contribution >= 0.6 is 0 Å². The largest absolute Gasteiger partial charge is 0.478 e. The molecule has 2 heterocycles. The van der Waals surface area contributed by atoms with Crippen LogP contribution in [0.4, 0.5) is 17.1 Å². The molecule has 28 heavy (non-hydrogen) atoms. The second kappa shape index (κ2) is 7.85. The van der Waals surface area contributed by atoms with Crippen LogP contribution in [0, 0.1) is 10.1 Å². The number of amides is 1. The maximum atomic E-state index is 12.3. The van der Waals surface area contributed by atoms with E-state index < -0.39 is 11.0 Å². The first kappa shape index (κ1) is 18.2. The van der Waals surface area contributed by atoms with Gasteiger partial charge in [-0.1, -0.05) is 18.2 Å². The maximum Gasteiger partial charge on any atom is 0.273 e. The number of ether oxygens (including phenoxy) is 1. The van der Waals surface area contributed by atoms with E-state index in [4.69, 9.17) is 4.74 Å². The average molecular weight is 382 g/mol. The second-order valence-corrected chi connectivity index (χ2v) is 6.99. The van der Waals surface area contributed by atoms with E-state index in [9.17, 15) is 14.9 Å². The summed E-state index contributed by atoms with van der Waals surface area (Å²) in [4.78, 5) is 27.4. The molecule has 2 aliphatic rings. The molecule has 2 aromatic carbocycles. The van der Waals surface area contributed by atoms with Gasteiger partial charge < -0.3 is 15.0 Å². The lowest BCUT2D eigenvalue weighted by atomic mass is 10.1. The number of hydrogen-bond donors (Lipinski definition) is 1. The van der Waals surface area contributed by atoms with Crippen molar-refractivity contribution in [3.63, 3.8) is 0 Å². The van der Waals surface area contributed by atoms with Crippen LogP contribution in [0.1, 0.15) is 6.42 Å². The van der Waals surface area contributed by atoms with Gasteiger partial charge >= 0.3 is 0 Å². The summed E-state index contributed by atoms with van der Waals surface area (Å²) in [6, 6.07) is 14.6. The third kappa shape index (κ3) is 3.91. The molecule has 1 N–H and O–H groups in total. The van der Waals surface area contributed by atoms with Crippen LogP contribution in [0.5, 0.6) is 5.75 Å². The number of carbonyl (C=O) groups excluding carboxylic acids is 1. The molecule has 0 aromatic heterocycles. The van der Waals surface area contributed by atoms with Gasteiger partial charge in [0, 0.05) is 50.9 Å². The molecule has 1 fully saturated rings. The minimum atomic E-state index is -0.637. The Kier molecular flexibility index (Phi) is 5.12. The summed E-state index contributed by atoms with van der Waals surface area (Å²) in [7, 11) is 0. The van der Waals surface area contributed by atoms with Gasteiger partial charge in [0.1, 0.15) is 0 Å². The van der Waals surface area contributed by atoms with E-state index in [0.717, 1.165) is 32.7 Å². The quantitative estimate of drug-likeness (QED) is 0.631. The normalized spacial score (nSPS) is 19.5. The molecule has 0 unspecified atom stereocenters. The fourth-order valence-electron chi connectivity index (χ4n) is 3.60. The maximum absolute atomic E-state index is 12.3. The third-order valence-electron chi connectivity index (χ3n) is 5.20. The van der Waals surface area contributed by atoms with Gasteiger partial charge in [0.2, 0.25) is 0 Å². The molecule has 146 valence electrons. The first-order valence-electron chi connectivity index (χ1n) is 9.38. The van der Waals surface area contributed by atoms with Gasteiger partial charge in [-0.2, -0.15) is 0 Å².